The van der Waals surface area contributed by atoms with Gasteiger partial charge in [-0.2, -0.15) is 0 Å². The van der Waals surface area contributed by atoms with Crippen LogP contribution in [0.25, 0.3) is 0 Å². The molecule has 1 heterocycles. The second kappa shape index (κ2) is 2.17. The molecule has 44 valence electrons. The molecule has 0 aromatic carbocycles. The second-order valence-corrected chi connectivity index (χ2v) is 1.80. The molecule has 0 bridgehead atoms. The Hall–Kier alpha value is -0.510. The van der Waals surface area contributed by atoms with Crippen molar-refractivity contribution in [1.29, 1.82) is 0 Å². The first-order valence-electron chi connectivity index (χ1n) is 1.97. The Balaban J connectivity index is 3.11. The van der Waals surface area contributed by atoms with Crippen molar-refractivity contribution in [2.24, 2.45) is 0 Å². The van der Waals surface area contributed by atoms with Crippen LogP contribution in [0, 0.1) is 0 Å². The summed E-state index contributed by atoms with van der Waals surface area (Å²) in [6.45, 7) is 0. The summed E-state index contributed by atoms with van der Waals surface area (Å²) < 4.78 is 8.31. The van der Waals surface area contributed by atoms with E-state index in [-0.39, 0.29) is 0 Å². The number of alkyl halides is 1. The van der Waals surface area contributed by atoms with E-state index in [0.29, 0.717) is 10.9 Å². The molecule has 0 fully saturated rings. The summed E-state index contributed by atoms with van der Waals surface area (Å²) in [7, 11) is 0. The molecule has 0 saturated carbocycles. The van der Waals surface area contributed by atoms with E-state index < -0.39 is 5.63 Å². The fourth-order valence-electron chi connectivity index (χ4n) is 0.314. The Morgan fingerprint density at radius 3 is 2.75 bits per heavy atom. The van der Waals surface area contributed by atoms with Crippen molar-refractivity contribution in [3.63, 3.8) is 0 Å². The molecule has 1 aromatic heterocycles. The number of rotatable bonds is 1. The molecule has 0 saturated heterocycles. The van der Waals surface area contributed by atoms with Gasteiger partial charge < -0.3 is 0 Å². The number of hydrogen-bond acceptors (Lipinski definition) is 3. The molecule has 0 unspecified atom stereocenters. The van der Waals surface area contributed by atoms with Crippen molar-refractivity contribution >= 4 is 15.9 Å². The molecule has 0 radical (unpaired) electrons. The summed E-state index contributed by atoms with van der Waals surface area (Å²) >= 11 is 3.07. The quantitative estimate of drug-likeness (QED) is 0.479. The SMILES string of the molecule is O=c1oocc1CBr. The molecule has 1 rings (SSSR count). The van der Waals surface area contributed by atoms with Crippen LogP contribution in [0.15, 0.2) is 20.2 Å². The van der Waals surface area contributed by atoms with Gasteiger partial charge in [0.1, 0.15) is 0 Å². The highest BCUT2D eigenvalue weighted by molar-refractivity contribution is 9.08. The fraction of sp³-hybridized carbons (Fsp3) is 0.250. The van der Waals surface area contributed by atoms with E-state index in [1.165, 1.54) is 6.26 Å². The zero-order valence-electron chi connectivity index (χ0n) is 3.89. The topological polar surface area (TPSA) is 43.4 Å². The maximum absolute atomic E-state index is 10.4. The monoisotopic (exact) mass is 178 g/mol. The van der Waals surface area contributed by atoms with Crippen LogP contribution in [0.5, 0.6) is 0 Å². The van der Waals surface area contributed by atoms with Gasteiger partial charge in [0, 0.05) is 5.33 Å². The molecule has 0 atom stereocenters. The van der Waals surface area contributed by atoms with Gasteiger partial charge in [-0.15, -0.1) is 0 Å². The van der Waals surface area contributed by atoms with Gasteiger partial charge in [0.15, 0.2) is 6.26 Å². The van der Waals surface area contributed by atoms with Crippen molar-refractivity contribution < 1.29 is 9.15 Å². The van der Waals surface area contributed by atoms with E-state index >= 15 is 0 Å². The standard InChI is InChI=1S/C4H3BrO3/c5-1-3-2-7-8-4(3)6/h2H,1H2. The highest BCUT2D eigenvalue weighted by Crippen LogP contribution is 1.97. The minimum absolute atomic E-state index is 0.415. The van der Waals surface area contributed by atoms with Gasteiger partial charge in [0.25, 0.3) is 0 Å². The first-order chi connectivity index (χ1) is 3.84. The van der Waals surface area contributed by atoms with Crippen LogP contribution in [0.3, 0.4) is 0 Å². The molecule has 0 aliphatic carbocycles. The van der Waals surface area contributed by atoms with Crippen LogP contribution in [0.1, 0.15) is 5.56 Å². The van der Waals surface area contributed by atoms with Gasteiger partial charge in [-0.1, -0.05) is 15.9 Å². The van der Waals surface area contributed by atoms with Gasteiger partial charge in [-0.05, 0) is 0 Å². The van der Waals surface area contributed by atoms with Crippen LogP contribution in [0.4, 0.5) is 0 Å². The van der Waals surface area contributed by atoms with E-state index in [1.54, 1.807) is 0 Å². The minimum Gasteiger partial charge on any atom is -0.294 e. The van der Waals surface area contributed by atoms with Crippen molar-refractivity contribution in [1.82, 2.24) is 0 Å². The van der Waals surface area contributed by atoms with Crippen molar-refractivity contribution in [3.05, 3.63) is 22.2 Å². The molecular formula is C4H3BrO3. The summed E-state index contributed by atoms with van der Waals surface area (Å²) in [4.78, 5) is 10.4. The van der Waals surface area contributed by atoms with Crippen LogP contribution in [-0.2, 0) is 5.33 Å². The Morgan fingerprint density at radius 2 is 2.50 bits per heavy atom. The van der Waals surface area contributed by atoms with Crippen LogP contribution in [0.2, 0.25) is 0 Å². The lowest BCUT2D eigenvalue weighted by atomic mass is 10.4. The van der Waals surface area contributed by atoms with Crippen LogP contribution < -0.4 is 5.63 Å². The van der Waals surface area contributed by atoms with Crippen LogP contribution in [-0.4, -0.2) is 0 Å². The third-order valence-electron chi connectivity index (χ3n) is 0.720. The van der Waals surface area contributed by atoms with Gasteiger partial charge >= 0.3 is 5.63 Å². The van der Waals surface area contributed by atoms with E-state index in [0.717, 1.165) is 0 Å². The van der Waals surface area contributed by atoms with E-state index in [2.05, 4.69) is 25.1 Å². The average molecular weight is 179 g/mol. The van der Waals surface area contributed by atoms with Crippen LogP contribution >= 0.6 is 15.9 Å². The van der Waals surface area contributed by atoms with E-state index in [4.69, 9.17) is 0 Å². The maximum atomic E-state index is 10.4. The molecule has 4 heteroatoms. The molecule has 8 heavy (non-hydrogen) atoms. The minimum atomic E-state index is -0.415. The third-order valence-corrected chi connectivity index (χ3v) is 1.32. The fourth-order valence-corrected chi connectivity index (χ4v) is 0.675. The summed E-state index contributed by atoms with van der Waals surface area (Å²) in [5.41, 5.74) is 0.0897. The molecule has 1 aromatic rings. The molecule has 0 aliphatic rings. The highest BCUT2D eigenvalue weighted by atomic mass is 79.9. The molecule has 0 spiro atoms. The Bertz CT molecular complexity index is 211. The summed E-state index contributed by atoms with van der Waals surface area (Å²) in [5.74, 6) is 0. The Labute approximate surface area is 53.3 Å². The van der Waals surface area contributed by atoms with Crippen molar-refractivity contribution in [3.8, 4) is 0 Å². The van der Waals surface area contributed by atoms with Gasteiger partial charge in [0.05, 0.1) is 5.56 Å². The predicted octanol–water partition coefficient (Wildman–Crippen LogP) is 1.13. The molecular weight excluding hydrogens is 176 g/mol. The number of halogens is 1. The Morgan fingerprint density at radius 1 is 1.75 bits per heavy atom. The molecule has 0 N–H and O–H groups in total. The number of hydrogen-bond donors (Lipinski definition) is 0. The highest BCUT2D eigenvalue weighted by Gasteiger charge is 1.99. The lowest BCUT2D eigenvalue weighted by Crippen LogP contribution is -1.96. The summed E-state index contributed by atoms with van der Waals surface area (Å²) in [6, 6.07) is 0. The Kier molecular flexibility index (Phi) is 1.53. The smallest absolute Gasteiger partial charge is 0.294 e. The van der Waals surface area contributed by atoms with Gasteiger partial charge in [-0.3, -0.25) is 4.58 Å². The van der Waals surface area contributed by atoms with Crippen molar-refractivity contribution in [2.75, 3.05) is 0 Å². The van der Waals surface area contributed by atoms with E-state index in [9.17, 15) is 4.79 Å². The van der Waals surface area contributed by atoms with Gasteiger partial charge in [-0.25, -0.2) is 9.37 Å². The third kappa shape index (κ3) is 0.838. The average Bonchev–Trinajstić information content (AvgIpc) is 2.14. The first-order valence-corrected chi connectivity index (χ1v) is 3.09. The molecule has 3 nitrogen and oxygen atoms in total. The second-order valence-electron chi connectivity index (χ2n) is 1.24. The maximum Gasteiger partial charge on any atom is 0.386 e. The summed E-state index contributed by atoms with van der Waals surface area (Å²) in [5, 5.41) is 0.478. The summed E-state index contributed by atoms with van der Waals surface area (Å²) in [6.07, 6.45) is 1.27. The van der Waals surface area contributed by atoms with E-state index in [1.807, 2.05) is 0 Å². The van der Waals surface area contributed by atoms with Crippen molar-refractivity contribution in [2.45, 2.75) is 5.33 Å². The molecule has 0 amide bonds. The van der Waals surface area contributed by atoms with Gasteiger partial charge in [0.2, 0.25) is 0 Å². The normalized spacial score (nSPS) is 9.62. The lowest BCUT2D eigenvalue weighted by Gasteiger charge is -1.70. The predicted molar refractivity (Wildman–Crippen MR) is 29.9 cm³/mol. The largest absolute Gasteiger partial charge is 0.386 e. The zero-order chi connectivity index (χ0) is 5.98. The lowest BCUT2D eigenvalue weighted by molar-refractivity contribution is 0.0487. The first kappa shape index (κ1) is 5.62. The molecule has 0 aliphatic heterocycles. The zero-order valence-corrected chi connectivity index (χ0v) is 5.47.